The third-order valence-corrected chi connectivity index (χ3v) is 4.62. The SMILES string of the molecule is CC(C)Cn1c(SCC(=O)OCC(N)=O)nnc1-c1ccc(Cl)cc1Cl. The lowest BCUT2D eigenvalue weighted by molar-refractivity contribution is -0.145. The van der Waals surface area contributed by atoms with Crippen molar-refractivity contribution in [3.63, 3.8) is 0 Å². The summed E-state index contributed by atoms with van der Waals surface area (Å²) in [4.78, 5) is 22.3. The summed E-state index contributed by atoms with van der Waals surface area (Å²) >= 11 is 13.4. The second-order valence-electron chi connectivity index (χ2n) is 5.85. The van der Waals surface area contributed by atoms with Crippen molar-refractivity contribution >= 4 is 46.8 Å². The highest BCUT2D eigenvalue weighted by Gasteiger charge is 2.19. The van der Waals surface area contributed by atoms with E-state index in [2.05, 4.69) is 24.0 Å². The highest BCUT2D eigenvalue weighted by molar-refractivity contribution is 7.99. The molecule has 2 N–H and O–H groups in total. The average molecular weight is 417 g/mol. The molecule has 1 aromatic heterocycles. The fraction of sp³-hybridized carbons (Fsp3) is 0.375. The Morgan fingerprint density at radius 1 is 1.31 bits per heavy atom. The number of aromatic nitrogens is 3. The van der Waals surface area contributed by atoms with Gasteiger partial charge in [-0.05, 0) is 24.1 Å². The summed E-state index contributed by atoms with van der Waals surface area (Å²) in [5, 5.41) is 9.93. The van der Waals surface area contributed by atoms with E-state index >= 15 is 0 Å². The summed E-state index contributed by atoms with van der Waals surface area (Å²) in [5.74, 6) is -0.368. The van der Waals surface area contributed by atoms with Gasteiger partial charge in [0.25, 0.3) is 5.91 Å². The first-order valence-electron chi connectivity index (χ1n) is 7.73. The Balaban J connectivity index is 2.23. The number of benzene rings is 1. The molecule has 26 heavy (non-hydrogen) atoms. The molecule has 1 heterocycles. The van der Waals surface area contributed by atoms with Gasteiger partial charge in [-0.3, -0.25) is 9.59 Å². The predicted molar refractivity (Wildman–Crippen MR) is 101 cm³/mol. The Bertz CT molecular complexity index is 811. The van der Waals surface area contributed by atoms with Crippen molar-refractivity contribution in [2.45, 2.75) is 25.5 Å². The first-order chi connectivity index (χ1) is 12.3. The molecule has 0 saturated heterocycles. The van der Waals surface area contributed by atoms with E-state index in [0.29, 0.717) is 39.1 Å². The first kappa shape index (κ1) is 20.5. The quantitative estimate of drug-likeness (QED) is 0.524. The Morgan fingerprint density at radius 3 is 2.65 bits per heavy atom. The first-order valence-corrected chi connectivity index (χ1v) is 9.47. The standard InChI is InChI=1S/C16H18Cl2N4O3S/c1-9(2)6-22-15(11-4-3-10(17)5-12(11)18)20-21-16(22)26-8-14(24)25-7-13(19)23/h3-5,9H,6-8H2,1-2H3,(H2,19,23). The zero-order valence-corrected chi connectivity index (χ0v) is 16.6. The number of ether oxygens (including phenoxy) is 1. The molecule has 7 nitrogen and oxygen atoms in total. The molecule has 2 rings (SSSR count). The maximum atomic E-state index is 11.7. The smallest absolute Gasteiger partial charge is 0.316 e. The fourth-order valence-corrected chi connectivity index (χ4v) is 3.35. The molecule has 0 aliphatic carbocycles. The normalized spacial score (nSPS) is 11.0. The van der Waals surface area contributed by atoms with Gasteiger partial charge in [0.2, 0.25) is 0 Å². The van der Waals surface area contributed by atoms with Crippen LogP contribution in [0, 0.1) is 5.92 Å². The van der Waals surface area contributed by atoms with E-state index in [0.717, 1.165) is 0 Å². The molecular weight excluding hydrogens is 399 g/mol. The van der Waals surface area contributed by atoms with Gasteiger partial charge in [0.05, 0.1) is 10.8 Å². The lowest BCUT2D eigenvalue weighted by Gasteiger charge is -2.13. The highest BCUT2D eigenvalue weighted by Crippen LogP contribution is 2.32. The van der Waals surface area contributed by atoms with Crippen LogP contribution in [0.1, 0.15) is 13.8 Å². The van der Waals surface area contributed by atoms with Gasteiger partial charge in [0.15, 0.2) is 17.6 Å². The van der Waals surface area contributed by atoms with Crippen molar-refractivity contribution in [1.29, 1.82) is 0 Å². The molecule has 1 amide bonds. The van der Waals surface area contributed by atoms with Crippen molar-refractivity contribution in [3.8, 4) is 11.4 Å². The van der Waals surface area contributed by atoms with E-state index in [1.54, 1.807) is 18.2 Å². The monoisotopic (exact) mass is 416 g/mol. The van der Waals surface area contributed by atoms with Crippen molar-refractivity contribution in [2.75, 3.05) is 12.4 Å². The van der Waals surface area contributed by atoms with E-state index < -0.39 is 18.5 Å². The summed E-state index contributed by atoms with van der Waals surface area (Å²) < 4.78 is 6.64. The largest absolute Gasteiger partial charge is 0.455 e. The number of esters is 1. The maximum absolute atomic E-state index is 11.7. The van der Waals surface area contributed by atoms with E-state index in [4.69, 9.17) is 33.7 Å². The number of nitrogens with zero attached hydrogens (tertiary/aromatic N) is 3. The van der Waals surface area contributed by atoms with Gasteiger partial charge in [-0.25, -0.2) is 0 Å². The molecule has 0 aliphatic rings. The van der Waals surface area contributed by atoms with E-state index in [1.165, 1.54) is 11.8 Å². The number of nitrogens with two attached hydrogens (primary N) is 1. The van der Waals surface area contributed by atoms with Crippen LogP contribution in [0.5, 0.6) is 0 Å². The molecule has 0 bridgehead atoms. The predicted octanol–water partition coefficient (Wildman–Crippen LogP) is 3.03. The van der Waals surface area contributed by atoms with Gasteiger partial charge in [-0.2, -0.15) is 0 Å². The molecule has 0 radical (unpaired) electrons. The van der Waals surface area contributed by atoms with Gasteiger partial charge in [-0.1, -0.05) is 48.8 Å². The van der Waals surface area contributed by atoms with Crippen LogP contribution >= 0.6 is 35.0 Å². The minimum atomic E-state index is -0.703. The molecule has 2 aromatic rings. The lowest BCUT2D eigenvalue weighted by atomic mass is 10.2. The van der Waals surface area contributed by atoms with Gasteiger partial charge < -0.3 is 15.0 Å². The van der Waals surface area contributed by atoms with Gasteiger partial charge in [0, 0.05) is 17.1 Å². The number of halogens is 2. The minimum Gasteiger partial charge on any atom is -0.455 e. The Morgan fingerprint density at radius 2 is 2.04 bits per heavy atom. The molecule has 0 atom stereocenters. The Kier molecular flexibility index (Phi) is 7.31. The Labute approximate surface area is 165 Å². The average Bonchev–Trinajstić information content (AvgIpc) is 2.93. The van der Waals surface area contributed by atoms with Crippen LogP contribution in [-0.4, -0.2) is 39.0 Å². The van der Waals surface area contributed by atoms with E-state index in [1.807, 2.05) is 4.57 Å². The van der Waals surface area contributed by atoms with Crippen LogP contribution in [0.15, 0.2) is 23.4 Å². The number of carbonyl (C=O) groups excluding carboxylic acids is 2. The molecule has 0 saturated carbocycles. The fourth-order valence-electron chi connectivity index (χ4n) is 2.11. The number of primary amides is 1. The molecule has 1 aromatic carbocycles. The van der Waals surface area contributed by atoms with Crippen LogP contribution in [0.3, 0.4) is 0 Å². The van der Waals surface area contributed by atoms with Crippen LogP contribution in [0.2, 0.25) is 10.0 Å². The molecule has 140 valence electrons. The number of hydrogen-bond acceptors (Lipinski definition) is 6. The summed E-state index contributed by atoms with van der Waals surface area (Å²) in [7, 11) is 0. The van der Waals surface area contributed by atoms with Crippen molar-refractivity contribution < 1.29 is 14.3 Å². The van der Waals surface area contributed by atoms with Gasteiger partial charge in [-0.15, -0.1) is 10.2 Å². The van der Waals surface area contributed by atoms with Crippen LogP contribution < -0.4 is 5.73 Å². The van der Waals surface area contributed by atoms with Crippen molar-refractivity contribution in [2.24, 2.45) is 11.7 Å². The zero-order valence-electron chi connectivity index (χ0n) is 14.2. The topological polar surface area (TPSA) is 100 Å². The summed E-state index contributed by atoms with van der Waals surface area (Å²) in [6.07, 6.45) is 0. The molecule has 0 fully saturated rings. The van der Waals surface area contributed by atoms with Crippen LogP contribution in [-0.2, 0) is 20.9 Å². The molecule has 0 unspecified atom stereocenters. The lowest BCUT2D eigenvalue weighted by Crippen LogP contribution is -2.21. The zero-order chi connectivity index (χ0) is 19.3. The van der Waals surface area contributed by atoms with Gasteiger partial charge >= 0.3 is 5.97 Å². The number of thioether (sulfide) groups is 1. The number of amides is 1. The highest BCUT2D eigenvalue weighted by atomic mass is 35.5. The maximum Gasteiger partial charge on any atom is 0.316 e. The van der Waals surface area contributed by atoms with Gasteiger partial charge in [0.1, 0.15) is 0 Å². The molecule has 0 aliphatic heterocycles. The minimum absolute atomic E-state index is 0.0160. The number of hydrogen-bond donors (Lipinski definition) is 1. The third-order valence-electron chi connectivity index (χ3n) is 3.13. The summed E-state index contributed by atoms with van der Waals surface area (Å²) in [6.45, 7) is 4.31. The van der Waals surface area contributed by atoms with Crippen LogP contribution in [0.25, 0.3) is 11.4 Å². The number of rotatable bonds is 8. The number of carbonyl (C=O) groups is 2. The van der Waals surface area contributed by atoms with E-state index in [-0.39, 0.29) is 5.75 Å². The van der Waals surface area contributed by atoms with E-state index in [9.17, 15) is 9.59 Å². The third kappa shape index (κ3) is 5.62. The van der Waals surface area contributed by atoms with Crippen molar-refractivity contribution in [3.05, 3.63) is 28.2 Å². The summed E-state index contributed by atoms with van der Waals surface area (Å²) in [5.41, 5.74) is 5.65. The molecule has 10 heteroatoms. The van der Waals surface area contributed by atoms with Crippen LogP contribution in [0.4, 0.5) is 0 Å². The second-order valence-corrected chi connectivity index (χ2v) is 7.64. The van der Waals surface area contributed by atoms with Crippen molar-refractivity contribution in [1.82, 2.24) is 14.8 Å². The molecular formula is C16H18Cl2N4O3S. The molecule has 0 spiro atoms. The second kappa shape index (κ2) is 9.25. The Hall–Kier alpha value is -1.77. The summed E-state index contributed by atoms with van der Waals surface area (Å²) in [6, 6.07) is 5.15.